The lowest BCUT2D eigenvalue weighted by atomic mass is 10.1. The molecular formula is C12H23N5. The summed E-state index contributed by atoms with van der Waals surface area (Å²) in [5, 5.41) is 17.6. The Morgan fingerprint density at radius 2 is 2.29 bits per heavy atom. The van der Waals surface area contributed by atoms with Crippen molar-refractivity contribution in [3.05, 3.63) is 0 Å². The first kappa shape index (κ1) is 12.2. The summed E-state index contributed by atoms with van der Waals surface area (Å²) in [7, 11) is 0. The molecule has 0 radical (unpaired) electrons. The van der Waals surface area contributed by atoms with E-state index in [1.165, 1.54) is 12.8 Å². The molecular weight excluding hydrogens is 214 g/mol. The van der Waals surface area contributed by atoms with E-state index in [1.807, 2.05) is 0 Å². The summed E-state index contributed by atoms with van der Waals surface area (Å²) in [6.45, 7) is 2.89. The van der Waals surface area contributed by atoms with E-state index in [2.05, 4.69) is 20.9 Å². The van der Waals surface area contributed by atoms with Crippen LogP contribution in [0.15, 0.2) is 4.99 Å². The van der Waals surface area contributed by atoms with E-state index in [0.717, 1.165) is 51.3 Å². The lowest BCUT2D eigenvalue weighted by Crippen LogP contribution is -2.43. The van der Waals surface area contributed by atoms with Gasteiger partial charge in [0.1, 0.15) is 0 Å². The van der Waals surface area contributed by atoms with Crippen molar-refractivity contribution in [3.8, 4) is 0 Å². The van der Waals surface area contributed by atoms with Crippen LogP contribution < -0.4 is 16.0 Å². The molecule has 1 saturated heterocycles. The van der Waals surface area contributed by atoms with E-state index >= 15 is 0 Å². The fourth-order valence-corrected chi connectivity index (χ4v) is 2.32. The zero-order valence-electron chi connectivity index (χ0n) is 10.4. The minimum Gasteiger partial charge on any atom is -0.371 e. The number of aliphatic imine (C=N–C) groups is 1. The summed E-state index contributed by atoms with van der Waals surface area (Å²) in [6, 6.07) is 0.460. The van der Waals surface area contributed by atoms with Gasteiger partial charge in [0.2, 0.25) is 0 Å². The van der Waals surface area contributed by atoms with Crippen molar-refractivity contribution >= 4 is 11.8 Å². The summed E-state index contributed by atoms with van der Waals surface area (Å²) >= 11 is 0. The SMILES string of the molecule is N=C1CCCCC(CCNC2=NCCCN2)N1. The minimum absolute atomic E-state index is 0.460. The molecule has 0 aliphatic carbocycles. The van der Waals surface area contributed by atoms with Gasteiger partial charge in [0, 0.05) is 32.1 Å². The molecule has 0 bridgehead atoms. The summed E-state index contributed by atoms with van der Waals surface area (Å²) in [6.07, 6.45) is 6.68. The monoisotopic (exact) mass is 237 g/mol. The van der Waals surface area contributed by atoms with E-state index in [9.17, 15) is 0 Å². The van der Waals surface area contributed by atoms with Crippen LogP contribution in [0, 0.1) is 5.41 Å². The maximum atomic E-state index is 7.72. The molecule has 4 N–H and O–H groups in total. The van der Waals surface area contributed by atoms with Gasteiger partial charge in [-0.25, -0.2) is 0 Å². The third kappa shape index (κ3) is 4.24. The first-order valence-electron chi connectivity index (χ1n) is 6.71. The normalized spacial score (nSPS) is 25.3. The first-order valence-corrected chi connectivity index (χ1v) is 6.71. The quantitative estimate of drug-likeness (QED) is 0.587. The maximum Gasteiger partial charge on any atom is 0.191 e. The molecule has 2 rings (SSSR count). The summed E-state index contributed by atoms with van der Waals surface area (Å²) in [4.78, 5) is 4.38. The van der Waals surface area contributed by atoms with Crippen molar-refractivity contribution in [2.24, 2.45) is 4.99 Å². The molecule has 5 nitrogen and oxygen atoms in total. The zero-order chi connectivity index (χ0) is 11.9. The smallest absolute Gasteiger partial charge is 0.191 e. The average Bonchev–Trinajstić information content (AvgIpc) is 2.55. The molecule has 1 unspecified atom stereocenters. The molecule has 0 spiro atoms. The van der Waals surface area contributed by atoms with Crippen molar-refractivity contribution in [2.45, 2.75) is 44.6 Å². The van der Waals surface area contributed by atoms with E-state index in [1.54, 1.807) is 0 Å². The van der Waals surface area contributed by atoms with Crippen LogP contribution in [0.4, 0.5) is 0 Å². The van der Waals surface area contributed by atoms with Crippen LogP contribution in [0.5, 0.6) is 0 Å². The van der Waals surface area contributed by atoms with Gasteiger partial charge in [0.25, 0.3) is 0 Å². The highest BCUT2D eigenvalue weighted by atomic mass is 15.2. The van der Waals surface area contributed by atoms with Crippen molar-refractivity contribution in [2.75, 3.05) is 19.6 Å². The molecule has 0 saturated carbocycles. The second kappa shape index (κ2) is 6.47. The zero-order valence-corrected chi connectivity index (χ0v) is 10.4. The molecule has 0 aromatic rings. The van der Waals surface area contributed by atoms with Crippen molar-refractivity contribution in [1.82, 2.24) is 16.0 Å². The topological polar surface area (TPSA) is 72.3 Å². The van der Waals surface area contributed by atoms with Crippen LogP contribution in [0.1, 0.15) is 38.5 Å². The van der Waals surface area contributed by atoms with Gasteiger partial charge in [0.05, 0.1) is 5.84 Å². The number of nitrogens with one attached hydrogen (secondary N) is 4. The number of hydrogen-bond acceptors (Lipinski definition) is 4. The fraction of sp³-hybridized carbons (Fsp3) is 0.833. The Labute approximate surface area is 103 Å². The van der Waals surface area contributed by atoms with Crippen molar-refractivity contribution in [3.63, 3.8) is 0 Å². The Balaban J connectivity index is 1.66. The van der Waals surface area contributed by atoms with Crippen LogP contribution in [0.3, 0.4) is 0 Å². The number of guanidine groups is 1. The average molecular weight is 237 g/mol. The van der Waals surface area contributed by atoms with Crippen molar-refractivity contribution in [1.29, 1.82) is 5.41 Å². The van der Waals surface area contributed by atoms with Gasteiger partial charge in [-0.05, 0) is 25.7 Å². The number of nitrogens with zero attached hydrogens (tertiary/aromatic N) is 1. The van der Waals surface area contributed by atoms with Crippen LogP contribution in [-0.2, 0) is 0 Å². The largest absolute Gasteiger partial charge is 0.371 e. The molecule has 0 amide bonds. The summed E-state index contributed by atoms with van der Waals surface area (Å²) in [5.74, 6) is 1.65. The Morgan fingerprint density at radius 3 is 3.12 bits per heavy atom. The van der Waals surface area contributed by atoms with Crippen molar-refractivity contribution < 1.29 is 0 Å². The Morgan fingerprint density at radius 1 is 1.35 bits per heavy atom. The summed E-state index contributed by atoms with van der Waals surface area (Å²) in [5.41, 5.74) is 0. The molecule has 2 aliphatic rings. The van der Waals surface area contributed by atoms with Crippen LogP contribution in [0.2, 0.25) is 0 Å². The highest BCUT2D eigenvalue weighted by Crippen LogP contribution is 2.11. The van der Waals surface area contributed by atoms with E-state index in [4.69, 9.17) is 5.41 Å². The maximum absolute atomic E-state index is 7.72. The molecule has 0 aromatic heterocycles. The standard InChI is InChI=1S/C12H23N5/c13-11-5-2-1-4-10(17-11)6-9-16-12-14-7-3-8-15-12/h10H,1-9H2,(H2,13,17)(H2,14,15,16). The number of amidine groups is 1. The lowest BCUT2D eigenvalue weighted by molar-refractivity contribution is 0.510. The van der Waals surface area contributed by atoms with Crippen LogP contribution in [0.25, 0.3) is 0 Å². The van der Waals surface area contributed by atoms with E-state index < -0.39 is 0 Å². The lowest BCUT2D eigenvalue weighted by Gasteiger charge is -2.20. The van der Waals surface area contributed by atoms with Crippen LogP contribution in [-0.4, -0.2) is 37.5 Å². The van der Waals surface area contributed by atoms with Gasteiger partial charge in [-0.2, -0.15) is 0 Å². The van der Waals surface area contributed by atoms with Gasteiger partial charge in [-0.1, -0.05) is 6.42 Å². The number of rotatable bonds is 3. The Bertz CT molecular complexity index is 287. The molecule has 2 aliphatic heterocycles. The van der Waals surface area contributed by atoms with E-state index in [0.29, 0.717) is 11.9 Å². The molecule has 96 valence electrons. The van der Waals surface area contributed by atoms with Gasteiger partial charge < -0.3 is 16.0 Å². The molecule has 1 fully saturated rings. The minimum atomic E-state index is 0.460. The van der Waals surface area contributed by atoms with Gasteiger partial charge in [-0.15, -0.1) is 0 Å². The van der Waals surface area contributed by atoms with E-state index in [-0.39, 0.29) is 0 Å². The van der Waals surface area contributed by atoms with Gasteiger partial charge in [-0.3, -0.25) is 10.4 Å². The van der Waals surface area contributed by atoms with Gasteiger partial charge >= 0.3 is 0 Å². The van der Waals surface area contributed by atoms with Crippen LogP contribution >= 0.6 is 0 Å². The summed E-state index contributed by atoms with van der Waals surface area (Å²) < 4.78 is 0. The Kier molecular flexibility index (Phi) is 4.64. The molecule has 17 heavy (non-hydrogen) atoms. The highest BCUT2D eigenvalue weighted by Gasteiger charge is 2.14. The second-order valence-electron chi connectivity index (χ2n) is 4.79. The predicted octanol–water partition coefficient (Wildman–Crippen LogP) is 0.825. The molecule has 2 heterocycles. The van der Waals surface area contributed by atoms with Gasteiger partial charge in [0.15, 0.2) is 5.96 Å². The molecule has 0 aromatic carbocycles. The predicted molar refractivity (Wildman–Crippen MR) is 70.7 cm³/mol. The Hall–Kier alpha value is -1.26. The number of hydrogen-bond donors (Lipinski definition) is 4. The third-order valence-corrected chi connectivity index (χ3v) is 3.29. The highest BCUT2D eigenvalue weighted by molar-refractivity contribution is 5.80. The second-order valence-corrected chi connectivity index (χ2v) is 4.79. The molecule has 5 heteroatoms. The molecule has 1 atom stereocenters. The first-order chi connectivity index (χ1) is 8.34. The third-order valence-electron chi connectivity index (χ3n) is 3.29. The fourth-order valence-electron chi connectivity index (χ4n) is 2.32.